The molecule has 34 heavy (non-hydrogen) atoms. The lowest BCUT2D eigenvalue weighted by Crippen LogP contribution is -2.49. The highest BCUT2D eigenvalue weighted by Crippen LogP contribution is 2.24. The van der Waals surface area contributed by atoms with Crippen molar-refractivity contribution < 1.29 is 4.79 Å². The summed E-state index contributed by atoms with van der Waals surface area (Å²) in [5, 5.41) is 4.21. The molecule has 0 radical (unpaired) electrons. The molecule has 1 amide bonds. The highest BCUT2D eigenvalue weighted by atomic mass is 16.2. The van der Waals surface area contributed by atoms with Gasteiger partial charge in [0.15, 0.2) is 0 Å². The Balaban J connectivity index is 1.28. The topological polar surface area (TPSA) is 116 Å². The van der Waals surface area contributed by atoms with Gasteiger partial charge in [-0.1, -0.05) is 6.07 Å². The van der Waals surface area contributed by atoms with Crippen LogP contribution in [0.3, 0.4) is 0 Å². The number of nitrogens with zero attached hydrogens (tertiary/aromatic N) is 5. The Hall–Kier alpha value is -3.82. The van der Waals surface area contributed by atoms with E-state index in [1.807, 2.05) is 53.4 Å². The van der Waals surface area contributed by atoms with Crippen LogP contribution in [-0.2, 0) is 0 Å². The molecule has 1 aliphatic heterocycles. The fraction of sp³-hybridized carbons (Fsp3) is 0.280. The fourth-order valence-corrected chi connectivity index (χ4v) is 4.19. The number of carbonyl (C=O) groups is 1. The normalized spacial score (nSPS) is 14.4. The molecule has 9 nitrogen and oxygen atoms in total. The van der Waals surface area contributed by atoms with E-state index in [9.17, 15) is 4.79 Å². The van der Waals surface area contributed by atoms with Crippen LogP contribution in [-0.4, -0.2) is 74.9 Å². The van der Waals surface area contributed by atoms with Crippen molar-refractivity contribution in [2.24, 2.45) is 5.73 Å². The highest BCUT2D eigenvalue weighted by Gasteiger charge is 2.23. The van der Waals surface area contributed by atoms with Crippen LogP contribution in [0.5, 0.6) is 0 Å². The molecule has 4 aromatic rings. The number of hydrogen-bond donors (Lipinski definition) is 3. The predicted octanol–water partition coefficient (Wildman–Crippen LogP) is 2.87. The molecule has 0 bridgehead atoms. The van der Waals surface area contributed by atoms with E-state index >= 15 is 0 Å². The van der Waals surface area contributed by atoms with E-state index in [4.69, 9.17) is 5.73 Å². The zero-order valence-corrected chi connectivity index (χ0v) is 18.9. The summed E-state index contributed by atoms with van der Waals surface area (Å²) in [6.07, 6.45) is 4.44. The molecule has 3 aromatic heterocycles. The average molecular weight is 457 g/mol. The van der Waals surface area contributed by atoms with Crippen LogP contribution in [0.4, 0.5) is 11.6 Å². The molecule has 0 aliphatic carbocycles. The molecule has 5 rings (SSSR count). The number of nitrogens with two attached hydrogens (primary N) is 1. The summed E-state index contributed by atoms with van der Waals surface area (Å²) in [6.45, 7) is 4.93. The van der Waals surface area contributed by atoms with Crippen LogP contribution in [0.2, 0.25) is 0 Å². The summed E-state index contributed by atoms with van der Waals surface area (Å²) in [4.78, 5) is 33.9. The number of carbonyl (C=O) groups excluding carboxylic acids is 1. The van der Waals surface area contributed by atoms with Gasteiger partial charge in [0.2, 0.25) is 5.95 Å². The number of aromatic nitrogens is 4. The number of anilines is 2. The van der Waals surface area contributed by atoms with Crippen molar-refractivity contribution in [1.29, 1.82) is 0 Å². The molecule has 0 saturated carbocycles. The number of amides is 1. The monoisotopic (exact) mass is 456 g/mol. The van der Waals surface area contributed by atoms with Gasteiger partial charge in [0.1, 0.15) is 5.69 Å². The molecule has 0 unspecified atom stereocenters. The minimum absolute atomic E-state index is 0.0376. The predicted molar refractivity (Wildman–Crippen MR) is 133 cm³/mol. The first-order valence-corrected chi connectivity index (χ1v) is 11.6. The molecular weight excluding hydrogens is 428 g/mol. The number of nitrogens with one attached hydrogen (secondary N) is 2. The van der Waals surface area contributed by atoms with Crippen LogP contribution in [0.1, 0.15) is 16.9 Å². The van der Waals surface area contributed by atoms with E-state index in [-0.39, 0.29) is 5.91 Å². The summed E-state index contributed by atoms with van der Waals surface area (Å²) in [7, 11) is 0. The van der Waals surface area contributed by atoms with Crippen LogP contribution in [0.15, 0.2) is 60.9 Å². The zero-order chi connectivity index (χ0) is 23.3. The van der Waals surface area contributed by atoms with Crippen molar-refractivity contribution >= 4 is 28.4 Å². The first-order chi connectivity index (χ1) is 16.7. The van der Waals surface area contributed by atoms with Gasteiger partial charge < -0.3 is 20.9 Å². The molecule has 9 heteroatoms. The third kappa shape index (κ3) is 4.90. The quantitative estimate of drug-likeness (QED) is 0.392. The maximum atomic E-state index is 13.1. The van der Waals surface area contributed by atoms with Gasteiger partial charge in [-0.05, 0) is 62.0 Å². The zero-order valence-electron chi connectivity index (χ0n) is 18.9. The van der Waals surface area contributed by atoms with Crippen LogP contribution in [0.25, 0.3) is 22.3 Å². The third-order valence-electron chi connectivity index (χ3n) is 6.03. The van der Waals surface area contributed by atoms with Crippen LogP contribution >= 0.6 is 0 Å². The summed E-state index contributed by atoms with van der Waals surface area (Å²) < 4.78 is 0. The van der Waals surface area contributed by atoms with Crippen molar-refractivity contribution in [3.63, 3.8) is 0 Å². The molecule has 4 N–H and O–H groups in total. The van der Waals surface area contributed by atoms with Gasteiger partial charge in [-0.25, -0.2) is 9.97 Å². The van der Waals surface area contributed by atoms with Gasteiger partial charge in [0.05, 0.1) is 11.4 Å². The van der Waals surface area contributed by atoms with Crippen molar-refractivity contribution in [2.45, 2.75) is 6.42 Å². The second-order valence-corrected chi connectivity index (χ2v) is 8.37. The van der Waals surface area contributed by atoms with Gasteiger partial charge in [-0.2, -0.15) is 0 Å². The molecule has 4 heterocycles. The maximum absolute atomic E-state index is 13.1. The van der Waals surface area contributed by atoms with E-state index in [2.05, 4.69) is 30.2 Å². The number of hydrogen-bond acceptors (Lipinski definition) is 7. The van der Waals surface area contributed by atoms with Gasteiger partial charge in [-0.15, -0.1) is 0 Å². The molecule has 0 atom stereocenters. The molecule has 1 aliphatic rings. The van der Waals surface area contributed by atoms with Crippen molar-refractivity contribution in [3.05, 3.63) is 66.6 Å². The minimum Gasteiger partial charge on any atom is -0.351 e. The first kappa shape index (κ1) is 22.0. The largest absolute Gasteiger partial charge is 0.351 e. The Kier molecular flexibility index (Phi) is 6.46. The molecule has 1 aromatic carbocycles. The Morgan fingerprint density at radius 2 is 1.88 bits per heavy atom. The minimum atomic E-state index is 0.0376. The Bertz CT molecular complexity index is 1260. The summed E-state index contributed by atoms with van der Waals surface area (Å²) in [6, 6.07) is 15.4. The highest BCUT2D eigenvalue weighted by molar-refractivity contribution is 5.98. The van der Waals surface area contributed by atoms with Crippen LogP contribution < -0.4 is 11.1 Å². The van der Waals surface area contributed by atoms with E-state index < -0.39 is 0 Å². The Labute approximate surface area is 198 Å². The summed E-state index contributed by atoms with van der Waals surface area (Å²) >= 11 is 0. The van der Waals surface area contributed by atoms with E-state index in [0.717, 1.165) is 67.1 Å². The SMILES string of the molecule is NCCCN1CCN(C(=O)c2cc3cc(Nc4nccc(-c5ccccn5)n4)ccc3[nH]2)CC1. The molecular formula is C25H28N8O. The fourth-order valence-electron chi connectivity index (χ4n) is 4.19. The number of fused-ring (bicyclic) bond motifs is 1. The van der Waals surface area contributed by atoms with E-state index in [0.29, 0.717) is 18.2 Å². The van der Waals surface area contributed by atoms with Gasteiger partial charge in [0.25, 0.3) is 5.91 Å². The van der Waals surface area contributed by atoms with Gasteiger partial charge >= 0.3 is 0 Å². The average Bonchev–Trinajstić information content (AvgIpc) is 3.31. The Morgan fingerprint density at radius 3 is 2.68 bits per heavy atom. The number of H-pyrrole nitrogens is 1. The number of pyridine rings is 1. The standard InChI is InChI=1S/C25H28N8O/c26-8-3-11-32-12-14-33(15-13-32)24(34)23-17-18-16-19(5-6-20(18)30-23)29-25-28-10-7-22(31-25)21-4-1-2-9-27-21/h1-2,4-7,9-10,16-17,30H,3,8,11-15,26H2,(H,28,29,31). The first-order valence-electron chi connectivity index (χ1n) is 11.6. The van der Waals surface area contributed by atoms with E-state index in [1.165, 1.54) is 0 Å². The second kappa shape index (κ2) is 9.98. The van der Waals surface area contributed by atoms with Crippen molar-refractivity contribution in [3.8, 4) is 11.4 Å². The molecule has 1 fully saturated rings. The van der Waals surface area contributed by atoms with E-state index in [1.54, 1.807) is 12.4 Å². The van der Waals surface area contributed by atoms with Gasteiger partial charge in [0, 0.05) is 55.2 Å². The third-order valence-corrected chi connectivity index (χ3v) is 6.03. The molecule has 1 saturated heterocycles. The lowest BCUT2D eigenvalue weighted by molar-refractivity contribution is 0.0632. The smallest absolute Gasteiger partial charge is 0.270 e. The second-order valence-electron chi connectivity index (χ2n) is 8.37. The Morgan fingerprint density at radius 1 is 1.00 bits per heavy atom. The lowest BCUT2D eigenvalue weighted by atomic mass is 10.2. The van der Waals surface area contributed by atoms with Crippen molar-refractivity contribution in [1.82, 2.24) is 29.7 Å². The summed E-state index contributed by atoms with van der Waals surface area (Å²) in [5.41, 5.74) is 9.51. The van der Waals surface area contributed by atoms with Crippen LogP contribution in [0, 0.1) is 0 Å². The number of benzene rings is 1. The van der Waals surface area contributed by atoms with Crippen molar-refractivity contribution in [2.75, 3.05) is 44.6 Å². The van der Waals surface area contributed by atoms with Gasteiger partial charge in [-0.3, -0.25) is 14.7 Å². The number of piperazine rings is 1. The molecule has 0 spiro atoms. The number of rotatable bonds is 7. The summed E-state index contributed by atoms with van der Waals surface area (Å²) in [5.74, 6) is 0.525. The molecule has 174 valence electrons. The number of aromatic amines is 1. The maximum Gasteiger partial charge on any atom is 0.270 e. The lowest BCUT2D eigenvalue weighted by Gasteiger charge is -2.34.